The third-order valence-corrected chi connectivity index (χ3v) is 2.41. The van der Waals surface area contributed by atoms with Crippen LogP contribution in [0.1, 0.15) is 11.1 Å². The van der Waals surface area contributed by atoms with E-state index in [1.54, 1.807) is 7.05 Å². The first kappa shape index (κ1) is 14.2. The molecule has 0 saturated heterocycles. The van der Waals surface area contributed by atoms with Crippen molar-refractivity contribution in [3.8, 4) is 5.75 Å². The number of hydrogen-bond donors (Lipinski definition) is 3. The molecule has 98 valence electrons. The molecule has 6 heteroatoms. The molecule has 0 aromatic heterocycles. The maximum Gasteiger partial charge on any atom is 0.276 e. The predicted molar refractivity (Wildman–Crippen MR) is 74.3 cm³/mol. The van der Waals surface area contributed by atoms with Gasteiger partial charge in [0.05, 0.1) is 0 Å². The van der Waals surface area contributed by atoms with Gasteiger partial charge < -0.3 is 10.1 Å². The third-order valence-electron chi connectivity index (χ3n) is 2.11. The average Bonchev–Trinajstić information content (AvgIpc) is 2.32. The summed E-state index contributed by atoms with van der Waals surface area (Å²) in [5.41, 5.74) is 7.14. The fourth-order valence-corrected chi connectivity index (χ4v) is 1.44. The molecule has 1 aromatic carbocycles. The van der Waals surface area contributed by atoms with E-state index in [2.05, 4.69) is 16.2 Å². The zero-order valence-corrected chi connectivity index (χ0v) is 11.5. The summed E-state index contributed by atoms with van der Waals surface area (Å²) in [4.78, 5) is 11.4. The van der Waals surface area contributed by atoms with Crippen molar-refractivity contribution in [1.82, 2.24) is 16.2 Å². The number of carbonyl (C=O) groups is 1. The minimum atomic E-state index is -0.299. The molecule has 0 heterocycles. The summed E-state index contributed by atoms with van der Waals surface area (Å²) in [6, 6.07) is 5.80. The standard InChI is InChI=1S/C12H17N3O2S/c1-8-4-9(2)6-10(5-8)17-7-11(16)14-15-12(18)13-3/h4-6H,7H2,1-3H3,(H,14,16)(H2,13,15,18). The third kappa shape index (κ3) is 5.01. The fraction of sp³-hybridized carbons (Fsp3) is 0.333. The van der Waals surface area contributed by atoms with Crippen molar-refractivity contribution < 1.29 is 9.53 Å². The van der Waals surface area contributed by atoms with E-state index < -0.39 is 0 Å². The molecule has 0 unspecified atom stereocenters. The molecule has 0 aliphatic heterocycles. The molecule has 18 heavy (non-hydrogen) atoms. The number of thiocarbonyl (C=S) groups is 1. The van der Waals surface area contributed by atoms with E-state index in [0.717, 1.165) is 11.1 Å². The van der Waals surface area contributed by atoms with Gasteiger partial charge in [0.1, 0.15) is 5.75 Å². The van der Waals surface area contributed by atoms with Gasteiger partial charge in [-0.2, -0.15) is 0 Å². The van der Waals surface area contributed by atoms with E-state index in [1.165, 1.54) is 0 Å². The Bertz CT molecular complexity index is 429. The fourth-order valence-electron chi connectivity index (χ4n) is 1.39. The van der Waals surface area contributed by atoms with Gasteiger partial charge in [-0.3, -0.25) is 15.6 Å². The molecule has 0 fully saturated rings. The first-order valence-corrected chi connectivity index (χ1v) is 5.89. The van der Waals surface area contributed by atoms with Crippen LogP contribution in [0.4, 0.5) is 0 Å². The van der Waals surface area contributed by atoms with Crippen LogP contribution >= 0.6 is 12.2 Å². The van der Waals surface area contributed by atoms with Gasteiger partial charge >= 0.3 is 0 Å². The molecule has 1 amide bonds. The first-order chi connectivity index (χ1) is 8.51. The number of nitrogens with one attached hydrogen (secondary N) is 3. The Hall–Kier alpha value is -1.82. The molecule has 5 nitrogen and oxygen atoms in total. The number of carbonyl (C=O) groups excluding carboxylic acids is 1. The first-order valence-electron chi connectivity index (χ1n) is 5.49. The molecule has 0 atom stereocenters. The van der Waals surface area contributed by atoms with Crippen LogP contribution in [0.3, 0.4) is 0 Å². The summed E-state index contributed by atoms with van der Waals surface area (Å²) in [6.45, 7) is 3.89. The topological polar surface area (TPSA) is 62.4 Å². The van der Waals surface area contributed by atoms with Crippen molar-refractivity contribution in [2.45, 2.75) is 13.8 Å². The van der Waals surface area contributed by atoms with Gasteiger partial charge in [-0.25, -0.2) is 0 Å². The van der Waals surface area contributed by atoms with Crippen LogP contribution in [0.15, 0.2) is 18.2 Å². The van der Waals surface area contributed by atoms with Gasteiger partial charge in [0, 0.05) is 7.05 Å². The molecule has 3 N–H and O–H groups in total. The van der Waals surface area contributed by atoms with Crippen LogP contribution in [-0.2, 0) is 4.79 Å². The normalized spacial score (nSPS) is 9.50. The van der Waals surface area contributed by atoms with Crippen LogP contribution in [0.25, 0.3) is 0 Å². The smallest absolute Gasteiger partial charge is 0.276 e. The highest BCUT2D eigenvalue weighted by Gasteiger charge is 2.03. The summed E-state index contributed by atoms with van der Waals surface area (Å²) in [7, 11) is 1.66. The lowest BCUT2D eigenvalue weighted by molar-refractivity contribution is -0.123. The molecule has 1 aromatic rings. The Balaban J connectivity index is 2.40. The zero-order chi connectivity index (χ0) is 13.5. The van der Waals surface area contributed by atoms with Crippen molar-refractivity contribution in [2.75, 3.05) is 13.7 Å². The number of hydrazine groups is 1. The van der Waals surface area contributed by atoms with Gasteiger partial charge in [0.15, 0.2) is 11.7 Å². The van der Waals surface area contributed by atoms with Gasteiger partial charge in [-0.05, 0) is 49.3 Å². The summed E-state index contributed by atoms with van der Waals surface area (Å²) in [5.74, 6) is 0.380. The Morgan fingerprint density at radius 1 is 1.22 bits per heavy atom. The van der Waals surface area contributed by atoms with Crippen LogP contribution in [0.5, 0.6) is 5.75 Å². The average molecular weight is 267 g/mol. The van der Waals surface area contributed by atoms with Crippen LogP contribution in [0.2, 0.25) is 0 Å². The van der Waals surface area contributed by atoms with Crippen LogP contribution in [-0.4, -0.2) is 24.7 Å². The molecule has 0 spiro atoms. The van der Waals surface area contributed by atoms with Crippen molar-refractivity contribution in [2.24, 2.45) is 0 Å². The van der Waals surface area contributed by atoms with E-state index in [4.69, 9.17) is 17.0 Å². The van der Waals surface area contributed by atoms with Crippen molar-refractivity contribution >= 4 is 23.2 Å². The molecule has 0 aliphatic rings. The van der Waals surface area contributed by atoms with Gasteiger partial charge in [-0.1, -0.05) is 6.07 Å². The van der Waals surface area contributed by atoms with E-state index in [-0.39, 0.29) is 12.5 Å². The molecular formula is C12H17N3O2S. The molecule has 0 saturated carbocycles. The maximum atomic E-state index is 11.4. The van der Waals surface area contributed by atoms with Crippen LogP contribution < -0.4 is 20.9 Å². The lowest BCUT2D eigenvalue weighted by Crippen LogP contribution is -2.47. The van der Waals surface area contributed by atoms with E-state index in [1.807, 2.05) is 32.0 Å². The lowest BCUT2D eigenvalue weighted by atomic mass is 10.1. The quantitative estimate of drug-likeness (QED) is 0.559. The van der Waals surface area contributed by atoms with E-state index in [9.17, 15) is 4.79 Å². The number of rotatable bonds is 3. The van der Waals surface area contributed by atoms with E-state index >= 15 is 0 Å². The zero-order valence-electron chi connectivity index (χ0n) is 10.7. The van der Waals surface area contributed by atoms with Crippen LogP contribution in [0, 0.1) is 13.8 Å². The lowest BCUT2D eigenvalue weighted by Gasteiger charge is -2.10. The Kier molecular flexibility index (Phi) is 5.38. The molecule has 0 bridgehead atoms. The molecule has 0 radical (unpaired) electrons. The highest BCUT2D eigenvalue weighted by molar-refractivity contribution is 7.80. The minimum absolute atomic E-state index is 0.0672. The Morgan fingerprint density at radius 2 is 1.83 bits per heavy atom. The second-order valence-electron chi connectivity index (χ2n) is 3.86. The maximum absolute atomic E-state index is 11.4. The van der Waals surface area contributed by atoms with Gasteiger partial charge in [0.25, 0.3) is 5.91 Å². The van der Waals surface area contributed by atoms with Crippen molar-refractivity contribution in [1.29, 1.82) is 0 Å². The number of benzene rings is 1. The second kappa shape index (κ2) is 6.80. The number of hydrogen-bond acceptors (Lipinski definition) is 3. The van der Waals surface area contributed by atoms with Crippen molar-refractivity contribution in [3.63, 3.8) is 0 Å². The summed E-state index contributed by atoms with van der Waals surface area (Å²) in [6.07, 6.45) is 0. The highest BCUT2D eigenvalue weighted by atomic mass is 32.1. The number of aryl methyl sites for hydroxylation is 2. The Morgan fingerprint density at radius 3 is 2.39 bits per heavy atom. The largest absolute Gasteiger partial charge is 0.484 e. The van der Waals surface area contributed by atoms with E-state index in [0.29, 0.717) is 10.9 Å². The Labute approximate surface area is 112 Å². The monoisotopic (exact) mass is 267 g/mol. The SMILES string of the molecule is CNC(=S)NNC(=O)COc1cc(C)cc(C)c1. The molecule has 0 aliphatic carbocycles. The summed E-state index contributed by atoms with van der Waals surface area (Å²) < 4.78 is 5.38. The van der Waals surface area contributed by atoms with Gasteiger partial charge in [-0.15, -0.1) is 0 Å². The van der Waals surface area contributed by atoms with Gasteiger partial charge in [0.2, 0.25) is 0 Å². The number of ether oxygens (including phenoxy) is 1. The second-order valence-corrected chi connectivity index (χ2v) is 4.27. The summed E-state index contributed by atoms with van der Waals surface area (Å²) >= 11 is 4.81. The highest BCUT2D eigenvalue weighted by Crippen LogP contribution is 2.15. The molecular weight excluding hydrogens is 250 g/mol. The minimum Gasteiger partial charge on any atom is -0.484 e. The molecule has 1 rings (SSSR count). The predicted octanol–water partition coefficient (Wildman–Crippen LogP) is 0.807. The number of amides is 1. The summed E-state index contributed by atoms with van der Waals surface area (Å²) in [5, 5.41) is 3.02. The van der Waals surface area contributed by atoms with Crippen molar-refractivity contribution in [3.05, 3.63) is 29.3 Å².